The molecule has 5 heteroatoms. The van der Waals surface area contributed by atoms with Crippen molar-refractivity contribution in [2.24, 2.45) is 0 Å². The second-order valence-corrected chi connectivity index (χ2v) is 4.29. The molecule has 2 aromatic heterocycles. The molecule has 0 aliphatic heterocycles. The largest absolute Gasteiger partial charge is 0.436 e. The summed E-state index contributed by atoms with van der Waals surface area (Å²) in [6, 6.07) is 3.56. The number of nitrogens with zero attached hydrogens (tertiary/aromatic N) is 3. The molecule has 18 heavy (non-hydrogen) atoms. The molecular formula is C13H15N3O2. The molecule has 0 saturated heterocycles. The maximum absolute atomic E-state index is 11.2. The molecule has 0 spiro atoms. The van der Waals surface area contributed by atoms with Gasteiger partial charge in [-0.15, -0.1) is 0 Å². The average molecular weight is 245 g/mol. The topological polar surface area (TPSA) is 57.0 Å². The lowest BCUT2D eigenvalue weighted by molar-refractivity contribution is 0.101. The Morgan fingerprint density at radius 1 is 1.44 bits per heavy atom. The van der Waals surface area contributed by atoms with Crippen molar-refractivity contribution in [1.29, 1.82) is 0 Å². The fourth-order valence-corrected chi connectivity index (χ4v) is 1.46. The average Bonchev–Trinajstić information content (AvgIpc) is 2.78. The summed E-state index contributed by atoms with van der Waals surface area (Å²) in [4.78, 5) is 15.3. The van der Waals surface area contributed by atoms with Crippen LogP contribution < -0.4 is 4.74 Å². The lowest BCUT2D eigenvalue weighted by Crippen LogP contribution is -1.99. The smallest absolute Gasteiger partial charge is 0.220 e. The Balaban J connectivity index is 2.17. The summed E-state index contributed by atoms with van der Waals surface area (Å²) in [5.74, 6) is 0.989. The molecule has 0 fully saturated rings. The van der Waals surface area contributed by atoms with E-state index in [4.69, 9.17) is 4.74 Å². The summed E-state index contributed by atoms with van der Waals surface area (Å²) in [6.07, 6.45) is 4.98. The molecule has 2 heterocycles. The van der Waals surface area contributed by atoms with Crippen LogP contribution in [0.3, 0.4) is 0 Å². The number of carbonyl (C=O) groups excluding carboxylic acids is 1. The van der Waals surface area contributed by atoms with Crippen LogP contribution in [0.25, 0.3) is 0 Å². The van der Waals surface area contributed by atoms with E-state index in [1.807, 2.05) is 13.8 Å². The van der Waals surface area contributed by atoms with Crippen LogP contribution in [-0.2, 0) is 0 Å². The molecule has 0 radical (unpaired) electrons. The molecule has 0 aliphatic carbocycles. The highest BCUT2D eigenvalue weighted by Gasteiger charge is 2.06. The van der Waals surface area contributed by atoms with Gasteiger partial charge < -0.3 is 4.74 Å². The normalized spacial score (nSPS) is 10.7. The van der Waals surface area contributed by atoms with Crippen LogP contribution in [0.5, 0.6) is 11.6 Å². The van der Waals surface area contributed by atoms with E-state index < -0.39 is 0 Å². The van der Waals surface area contributed by atoms with E-state index >= 15 is 0 Å². The number of ketones is 1. The van der Waals surface area contributed by atoms with Gasteiger partial charge in [0.25, 0.3) is 0 Å². The Bertz CT molecular complexity index is 561. The Hall–Kier alpha value is -2.17. The first-order chi connectivity index (χ1) is 8.56. The van der Waals surface area contributed by atoms with Crippen molar-refractivity contribution >= 4 is 5.78 Å². The molecule has 2 aromatic rings. The first kappa shape index (κ1) is 12.3. The second kappa shape index (κ2) is 5.00. The quantitative estimate of drug-likeness (QED) is 0.777. The van der Waals surface area contributed by atoms with Gasteiger partial charge in [0, 0.05) is 23.9 Å². The van der Waals surface area contributed by atoms with Gasteiger partial charge in [-0.25, -0.2) is 4.98 Å². The maximum atomic E-state index is 11.2. The van der Waals surface area contributed by atoms with Crippen molar-refractivity contribution in [3.8, 4) is 11.6 Å². The van der Waals surface area contributed by atoms with Crippen LogP contribution in [0.2, 0.25) is 0 Å². The molecule has 5 nitrogen and oxygen atoms in total. The first-order valence-electron chi connectivity index (χ1n) is 5.75. The van der Waals surface area contributed by atoms with E-state index in [-0.39, 0.29) is 11.8 Å². The van der Waals surface area contributed by atoms with Gasteiger partial charge in [0.1, 0.15) is 0 Å². The van der Waals surface area contributed by atoms with E-state index in [0.29, 0.717) is 17.2 Å². The predicted molar refractivity (Wildman–Crippen MR) is 66.9 cm³/mol. The highest BCUT2D eigenvalue weighted by molar-refractivity contribution is 5.94. The molecular weight excluding hydrogens is 230 g/mol. The van der Waals surface area contributed by atoms with Crippen molar-refractivity contribution < 1.29 is 9.53 Å². The van der Waals surface area contributed by atoms with Gasteiger partial charge in [-0.2, -0.15) is 5.10 Å². The number of carbonyl (C=O) groups is 1. The summed E-state index contributed by atoms with van der Waals surface area (Å²) >= 11 is 0. The SMILES string of the molecule is CC(=O)c1ccnc(Oc2cnn(C(C)C)c2)c1. The maximum Gasteiger partial charge on any atom is 0.220 e. The van der Waals surface area contributed by atoms with Gasteiger partial charge in [0.05, 0.1) is 12.4 Å². The van der Waals surface area contributed by atoms with E-state index in [9.17, 15) is 4.79 Å². The minimum atomic E-state index is -0.0138. The third-order valence-corrected chi connectivity index (χ3v) is 2.47. The third kappa shape index (κ3) is 2.74. The Morgan fingerprint density at radius 2 is 2.22 bits per heavy atom. The van der Waals surface area contributed by atoms with Crippen LogP contribution in [0, 0.1) is 0 Å². The molecule has 2 rings (SSSR count). The summed E-state index contributed by atoms with van der Waals surface area (Å²) in [5.41, 5.74) is 0.580. The van der Waals surface area contributed by atoms with Gasteiger partial charge in [0.2, 0.25) is 5.88 Å². The number of aromatic nitrogens is 3. The second-order valence-electron chi connectivity index (χ2n) is 4.29. The Kier molecular flexibility index (Phi) is 3.41. The molecule has 0 aliphatic rings. The molecule has 0 saturated carbocycles. The molecule has 94 valence electrons. The van der Waals surface area contributed by atoms with Gasteiger partial charge in [0.15, 0.2) is 11.5 Å². The van der Waals surface area contributed by atoms with Crippen molar-refractivity contribution in [2.75, 3.05) is 0 Å². The zero-order valence-corrected chi connectivity index (χ0v) is 10.6. The molecule has 0 atom stereocenters. The molecule has 0 unspecified atom stereocenters. The van der Waals surface area contributed by atoms with Crippen LogP contribution >= 0.6 is 0 Å². The van der Waals surface area contributed by atoms with Crippen LogP contribution in [-0.4, -0.2) is 20.5 Å². The fourth-order valence-electron chi connectivity index (χ4n) is 1.46. The zero-order valence-electron chi connectivity index (χ0n) is 10.6. The molecule has 0 N–H and O–H groups in total. The Labute approximate surface area is 105 Å². The van der Waals surface area contributed by atoms with E-state index in [2.05, 4.69) is 10.1 Å². The van der Waals surface area contributed by atoms with Crippen LogP contribution in [0.1, 0.15) is 37.2 Å². The summed E-state index contributed by atoms with van der Waals surface area (Å²) < 4.78 is 7.35. The van der Waals surface area contributed by atoms with Gasteiger partial charge in [-0.1, -0.05) is 0 Å². The minimum Gasteiger partial charge on any atom is -0.436 e. The highest BCUT2D eigenvalue weighted by Crippen LogP contribution is 2.20. The summed E-state index contributed by atoms with van der Waals surface area (Å²) in [7, 11) is 0. The molecule has 0 bridgehead atoms. The number of hydrogen-bond acceptors (Lipinski definition) is 4. The molecule has 0 aromatic carbocycles. The van der Waals surface area contributed by atoms with Crippen molar-refractivity contribution in [2.45, 2.75) is 26.8 Å². The number of Topliss-reactive ketones (excluding diaryl/α,β-unsaturated/α-hetero) is 1. The lowest BCUT2D eigenvalue weighted by atomic mass is 10.2. The monoisotopic (exact) mass is 245 g/mol. The summed E-state index contributed by atoms with van der Waals surface area (Å²) in [5, 5.41) is 4.17. The zero-order chi connectivity index (χ0) is 13.1. The fraction of sp³-hybridized carbons (Fsp3) is 0.308. The number of pyridine rings is 1. The number of rotatable bonds is 4. The van der Waals surface area contributed by atoms with Gasteiger partial charge in [-0.3, -0.25) is 9.48 Å². The predicted octanol–water partition coefficient (Wildman–Crippen LogP) is 2.85. The van der Waals surface area contributed by atoms with E-state index in [1.54, 1.807) is 35.4 Å². The third-order valence-electron chi connectivity index (χ3n) is 2.47. The van der Waals surface area contributed by atoms with Crippen LogP contribution in [0.15, 0.2) is 30.7 Å². The number of hydrogen-bond donors (Lipinski definition) is 0. The van der Waals surface area contributed by atoms with Crippen LogP contribution in [0.4, 0.5) is 0 Å². The van der Waals surface area contributed by atoms with E-state index in [1.165, 1.54) is 6.92 Å². The van der Waals surface area contributed by atoms with Gasteiger partial charge >= 0.3 is 0 Å². The standard InChI is InChI=1S/C13H15N3O2/c1-9(2)16-8-12(7-15-16)18-13-6-11(10(3)17)4-5-14-13/h4-9H,1-3H3. The number of ether oxygens (including phenoxy) is 1. The first-order valence-corrected chi connectivity index (χ1v) is 5.75. The highest BCUT2D eigenvalue weighted by atomic mass is 16.5. The molecule has 0 amide bonds. The van der Waals surface area contributed by atoms with Crippen molar-refractivity contribution in [3.63, 3.8) is 0 Å². The van der Waals surface area contributed by atoms with E-state index in [0.717, 1.165) is 0 Å². The minimum absolute atomic E-state index is 0.0138. The van der Waals surface area contributed by atoms with Crippen molar-refractivity contribution in [1.82, 2.24) is 14.8 Å². The van der Waals surface area contributed by atoms with Crippen molar-refractivity contribution in [3.05, 3.63) is 36.3 Å². The Morgan fingerprint density at radius 3 is 2.83 bits per heavy atom. The lowest BCUT2D eigenvalue weighted by Gasteiger charge is -2.04. The van der Waals surface area contributed by atoms with Gasteiger partial charge in [-0.05, 0) is 26.8 Å². The summed E-state index contributed by atoms with van der Waals surface area (Å²) in [6.45, 7) is 5.58.